The van der Waals surface area contributed by atoms with Gasteiger partial charge in [-0.2, -0.15) is 0 Å². The van der Waals surface area contributed by atoms with Gasteiger partial charge in [0.05, 0.1) is 29.3 Å². The number of methoxy groups -OCH3 is 1. The molecule has 0 fully saturated rings. The van der Waals surface area contributed by atoms with Crippen LogP contribution in [-0.4, -0.2) is 18.1 Å². The van der Waals surface area contributed by atoms with Crippen molar-refractivity contribution in [2.45, 2.75) is 0 Å². The summed E-state index contributed by atoms with van der Waals surface area (Å²) in [5, 5.41) is 0.908. The highest BCUT2D eigenvalue weighted by Crippen LogP contribution is 2.26. The van der Waals surface area contributed by atoms with Crippen molar-refractivity contribution >= 4 is 28.7 Å². The predicted molar refractivity (Wildman–Crippen MR) is 50.4 cm³/mol. The van der Waals surface area contributed by atoms with E-state index in [0.29, 0.717) is 16.1 Å². The molecule has 0 aliphatic carbocycles. The normalized spacial score (nSPS) is 10.4. The van der Waals surface area contributed by atoms with E-state index < -0.39 is 5.97 Å². The molecule has 14 heavy (non-hydrogen) atoms. The maximum absolute atomic E-state index is 11.2. The molecule has 0 aliphatic heterocycles. The Morgan fingerprint density at radius 1 is 1.64 bits per heavy atom. The van der Waals surface area contributed by atoms with Gasteiger partial charge in [-0.1, -0.05) is 11.6 Å². The Morgan fingerprint density at radius 2 is 2.43 bits per heavy atom. The van der Waals surface area contributed by atoms with Crippen LogP contribution in [0.1, 0.15) is 10.4 Å². The lowest BCUT2D eigenvalue weighted by Gasteiger charge is -2.00. The van der Waals surface area contributed by atoms with Gasteiger partial charge in [0.1, 0.15) is 0 Å². The monoisotopic (exact) mass is 211 g/mol. The minimum Gasteiger partial charge on any atom is -0.465 e. The standard InChI is InChI=1S/C9H6ClNO3/c1-13-9(12)6-4-11-8-5(7(6)10)2-3-14-8/h2-4H,1H3. The first-order chi connectivity index (χ1) is 6.74. The lowest BCUT2D eigenvalue weighted by Crippen LogP contribution is -2.02. The molecule has 5 heteroatoms. The summed E-state index contributed by atoms with van der Waals surface area (Å²) in [5.74, 6) is -0.509. The van der Waals surface area contributed by atoms with Crippen LogP contribution in [0, 0.1) is 0 Å². The van der Waals surface area contributed by atoms with Crippen LogP contribution in [0.15, 0.2) is 22.9 Å². The molecule has 4 nitrogen and oxygen atoms in total. The van der Waals surface area contributed by atoms with Crippen molar-refractivity contribution in [1.29, 1.82) is 0 Å². The second-order valence-electron chi connectivity index (χ2n) is 2.62. The number of hydrogen-bond acceptors (Lipinski definition) is 4. The highest BCUT2D eigenvalue weighted by atomic mass is 35.5. The number of furan rings is 1. The van der Waals surface area contributed by atoms with Crippen molar-refractivity contribution in [3.8, 4) is 0 Å². The molecule has 2 rings (SSSR count). The fourth-order valence-corrected chi connectivity index (χ4v) is 1.42. The summed E-state index contributed by atoms with van der Waals surface area (Å²) in [4.78, 5) is 15.1. The number of nitrogens with zero attached hydrogens (tertiary/aromatic N) is 1. The van der Waals surface area contributed by atoms with Crippen molar-refractivity contribution in [2.75, 3.05) is 7.11 Å². The molecule has 0 saturated carbocycles. The fourth-order valence-electron chi connectivity index (χ4n) is 1.15. The second-order valence-corrected chi connectivity index (χ2v) is 2.99. The Hall–Kier alpha value is -1.55. The van der Waals surface area contributed by atoms with E-state index in [1.54, 1.807) is 6.07 Å². The van der Waals surface area contributed by atoms with Crippen LogP contribution in [-0.2, 0) is 4.74 Å². The Morgan fingerprint density at radius 3 is 3.14 bits per heavy atom. The van der Waals surface area contributed by atoms with Crippen LogP contribution in [0.25, 0.3) is 11.1 Å². The molecule has 2 aromatic heterocycles. The number of fused-ring (bicyclic) bond motifs is 1. The van der Waals surface area contributed by atoms with Gasteiger partial charge in [0, 0.05) is 6.20 Å². The number of hydrogen-bond donors (Lipinski definition) is 0. The zero-order chi connectivity index (χ0) is 10.1. The van der Waals surface area contributed by atoms with Gasteiger partial charge < -0.3 is 9.15 Å². The van der Waals surface area contributed by atoms with Crippen LogP contribution in [0.5, 0.6) is 0 Å². The number of halogens is 1. The van der Waals surface area contributed by atoms with E-state index in [1.165, 1.54) is 19.6 Å². The van der Waals surface area contributed by atoms with Gasteiger partial charge in [-0.3, -0.25) is 0 Å². The smallest absolute Gasteiger partial charge is 0.340 e. The van der Waals surface area contributed by atoms with E-state index in [1.807, 2.05) is 0 Å². The Bertz CT molecular complexity index is 492. The highest BCUT2D eigenvalue weighted by Gasteiger charge is 2.15. The second kappa shape index (κ2) is 3.31. The third-order valence-electron chi connectivity index (χ3n) is 1.83. The first kappa shape index (κ1) is 9.02. The Balaban J connectivity index is 2.67. The first-order valence-corrected chi connectivity index (χ1v) is 4.22. The van der Waals surface area contributed by atoms with Gasteiger partial charge in [0.2, 0.25) is 5.71 Å². The number of esters is 1. The quantitative estimate of drug-likeness (QED) is 0.679. The molecule has 0 amide bonds. The summed E-state index contributed by atoms with van der Waals surface area (Å²) < 4.78 is 9.57. The van der Waals surface area contributed by atoms with Crippen molar-refractivity contribution in [3.05, 3.63) is 29.1 Å². The Labute approximate surface area is 84.4 Å². The molecule has 2 heterocycles. The van der Waals surface area contributed by atoms with Gasteiger partial charge in [-0.05, 0) is 6.07 Å². The van der Waals surface area contributed by atoms with Crippen LogP contribution in [0.3, 0.4) is 0 Å². The van der Waals surface area contributed by atoms with Crippen LogP contribution < -0.4 is 0 Å². The van der Waals surface area contributed by atoms with E-state index in [4.69, 9.17) is 16.0 Å². The molecule has 0 radical (unpaired) electrons. The topological polar surface area (TPSA) is 52.3 Å². The molecule has 0 aromatic carbocycles. The summed E-state index contributed by atoms with van der Waals surface area (Å²) in [7, 11) is 1.29. The summed E-state index contributed by atoms with van der Waals surface area (Å²) in [5.41, 5.74) is 0.644. The highest BCUT2D eigenvalue weighted by molar-refractivity contribution is 6.38. The summed E-state index contributed by atoms with van der Waals surface area (Å²) in [6.07, 6.45) is 2.80. The summed E-state index contributed by atoms with van der Waals surface area (Å²) >= 11 is 5.96. The van der Waals surface area contributed by atoms with Crippen LogP contribution in [0.4, 0.5) is 0 Å². The lowest BCUT2D eigenvalue weighted by molar-refractivity contribution is 0.0600. The van der Waals surface area contributed by atoms with E-state index in [0.717, 1.165) is 0 Å². The van der Waals surface area contributed by atoms with Gasteiger partial charge >= 0.3 is 5.97 Å². The molecule has 0 aliphatic rings. The number of ether oxygens (including phenoxy) is 1. The third kappa shape index (κ3) is 1.24. The summed E-state index contributed by atoms with van der Waals surface area (Å²) in [6.45, 7) is 0. The van der Waals surface area contributed by atoms with Crippen molar-refractivity contribution in [2.24, 2.45) is 0 Å². The summed E-state index contributed by atoms with van der Waals surface area (Å²) in [6, 6.07) is 1.65. The molecule has 0 unspecified atom stereocenters. The average molecular weight is 212 g/mol. The van der Waals surface area contributed by atoms with Crippen molar-refractivity contribution in [3.63, 3.8) is 0 Å². The van der Waals surface area contributed by atoms with E-state index >= 15 is 0 Å². The zero-order valence-corrected chi connectivity index (χ0v) is 8.04. The third-order valence-corrected chi connectivity index (χ3v) is 2.24. The first-order valence-electron chi connectivity index (χ1n) is 3.84. The molecule has 2 aromatic rings. The van der Waals surface area contributed by atoms with E-state index in [2.05, 4.69) is 9.72 Å². The van der Waals surface area contributed by atoms with E-state index in [9.17, 15) is 4.79 Å². The fraction of sp³-hybridized carbons (Fsp3) is 0.111. The van der Waals surface area contributed by atoms with Gasteiger partial charge in [-0.25, -0.2) is 9.78 Å². The van der Waals surface area contributed by atoms with Gasteiger partial charge in [0.25, 0.3) is 0 Å². The molecule has 0 atom stereocenters. The van der Waals surface area contributed by atoms with Crippen LogP contribution >= 0.6 is 11.6 Å². The maximum atomic E-state index is 11.2. The lowest BCUT2D eigenvalue weighted by atomic mass is 10.2. The molecule has 0 spiro atoms. The Kier molecular flexibility index (Phi) is 2.13. The predicted octanol–water partition coefficient (Wildman–Crippen LogP) is 2.27. The zero-order valence-electron chi connectivity index (χ0n) is 7.28. The molecule has 0 N–H and O–H groups in total. The molecule has 0 bridgehead atoms. The van der Waals surface area contributed by atoms with Gasteiger partial charge in [-0.15, -0.1) is 0 Å². The minimum absolute atomic E-state index is 0.239. The minimum atomic E-state index is -0.509. The largest absolute Gasteiger partial charge is 0.465 e. The van der Waals surface area contributed by atoms with Crippen LogP contribution in [0.2, 0.25) is 5.02 Å². The van der Waals surface area contributed by atoms with Crippen molar-refractivity contribution in [1.82, 2.24) is 4.98 Å². The number of aromatic nitrogens is 1. The molecular weight excluding hydrogens is 206 g/mol. The number of rotatable bonds is 1. The SMILES string of the molecule is COC(=O)c1cnc2occc2c1Cl. The average Bonchev–Trinajstić information content (AvgIpc) is 2.66. The van der Waals surface area contributed by atoms with E-state index in [-0.39, 0.29) is 5.56 Å². The molecule has 0 saturated heterocycles. The molecule has 72 valence electrons. The number of carbonyl (C=O) groups is 1. The van der Waals surface area contributed by atoms with Gasteiger partial charge in [0.15, 0.2) is 0 Å². The number of pyridine rings is 1. The van der Waals surface area contributed by atoms with Crippen molar-refractivity contribution < 1.29 is 13.9 Å². The number of carbonyl (C=O) groups excluding carboxylic acids is 1. The molecular formula is C9H6ClNO3. The maximum Gasteiger partial charge on any atom is 0.340 e.